The molecule has 7 heteroatoms. The first-order chi connectivity index (χ1) is 13.5. The van der Waals surface area contributed by atoms with Crippen LogP contribution in [0.2, 0.25) is 0 Å². The Kier molecular flexibility index (Phi) is 6.59. The highest BCUT2D eigenvalue weighted by Crippen LogP contribution is 2.36. The van der Waals surface area contributed by atoms with Crippen LogP contribution in [-0.4, -0.2) is 22.8 Å². The number of halogens is 1. The molecule has 144 valence electrons. The van der Waals surface area contributed by atoms with Crippen LogP contribution in [0.1, 0.15) is 35.7 Å². The van der Waals surface area contributed by atoms with Gasteiger partial charge in [-0.3, -0.25) is 9.69 Å². The van der Waals surface area contributed by atoms with Crippen LogP contribution in [0.3, 0.4) is 0 Å². The van der Waals surface area contributed by atoms with Gasteiger partial charge in [0.15, 0.2) is 4.32 Å². The number of hydrogen-bond acceptors (Lipinski definition) is 5. The SMILES string of the molecule is CCCCOC(=O)c1ccc(N2C(=O)/C(=C/c3ccc(F)cc3)SC2=S)cc1. The summed E-state index contributed by atoms with van der Waals surface area (Å²) in [5, 5.41) is 0. The van der Waals surface area contributed by atoms with Crippen molar-refractivity contribution in [3.8, 4) is 0 Å². The molecule has 1 fully saturated rings. The Morgan fingerprint density at radius 1 is 1.18 bits per heavy atom. The van der Waals surface area contributed by atoms with E-state index in [0.717, 1.165) is 12.8 Å². The van der Waals surface area contributed by atoms with Gasteiger partial charge in [-0.15, -0.1) is 0 Å². The average Bonchev–Trinajstić information content (AvgIpc) is 2.97. The van der Waals surface area contributed by atoms with Gasteiger partial charge in [0.05, 0.1) is 22.8 Å². The summed E-state index contributed by atoms with van der Waals surface area (Å²) in [5.74, 6) is -0.975. The van der Waals surface area contributed by atoms with E-state index in [4.69, 9.17) is 17.0 Å². The van der Waals surface area contributed by atoms with Crippen molar-refractivity contribution < 1.29 is 18.7 Å². The van der Waals surface area contributed by atoms with Gasteiger partial charge in [-0.2, -0.15) is 0 Å². The Balaban J connectivity index is 1.74. The van der Waals surface area contributed by atoms with Gasteiger partial charge in [-0.1, -0.05) is 49.5 Å². The van der Waals surface area contributed by atoms with Gasteiger partial charge in [0.1, 0.15) is 5.82 Å². The fourth-order valence-corrected chi connectivity index (χ4v) is 3.84. The Morgan fingerprint density at radius 3 is 2.50 bits per heavy atom. The number of benzene rings is 2. The molecule has 0 spiro atoms. The molecule has 1 amide bonds. The number of carbonyl (C=O) groups excluding carboxylic acids is 2. The first kappa shape index (κ1) is 20.2. The summed E-state index contributed by atoms with van der Waals surface area (Å²) < 4.78 is 18.6. The van der Waals surface area contributed by atoms with E-state index in [1.165, 1.54) is 28.8 Å². The van der Waals surface area contributed by atoms with Crippen molar-refractivity contribution in [1.29, 1.82) is 0 Å². The summed E-state index contributed by atoms with van der Waals surface area (Å²) in [6.45, 7) is 2.41. The number of esters is 1. The first-order valence-corrected chi connectivity index (χ1v) is 10.0. The Hall–Kier alpha value is -2.51. The number of hydrogen-bond donors (Lipinski definition) is 0. The molecule has 0 N–H and O–H groups in total. The molecular weight excluding hydrogens is 397 g/mol. The molecule has 0 atom stereocenters. The highest BCUT2D eigenvalue weighted by Gasteiger charge is 2.33. The minimum Gasteiger partial charge on any atom is -0.462 e. The molecular formula is C21H18FNO3S2. The molecule has 1 heterocycles. The standard InChI is InChI=1S/C21H18FNO3S2/c1-2-3-12-26-20(25)15-6-10-17(11-7-15)23-19(24)18(28-21(23)27)13-14-4-8-16(22)9-5-14/h4-11,13H,2-3,12H2,1H3/b18-13-. The van der Waals surface area contributed by atoms with Crippen LogP contribution in [0.15, 0.2) is 53.4 Å². The number of rotatable bonds is 6. The maximum atomic E-state index is 13.0. The number of anilines is 1. The van der Waals surface area contributed by atoms with Crippen LogP contribution in [-0.2, 0) is 9.53 Å². The predicted molar refractivity (Wildman–Crippen MR) is 114 cm³/mol. The van der Waals surface area contributed by atoms with Crippen molar-refractivity contribution in [3.63, 3.8) is 0 Å². The molecule has 3 rings (SSSR count). The van der Waals surface area contributed by atoms with E-state index in [2.05, 4.69) is 0 Å². The summed E-state index contributed by atoms with van der Waals surface area (Å²) in [5.41, 5.74) is 1.72. The van der Waals surface area contributed by atoms with Crippen molar-refractivity contribution in [2.75, 3.05) is 11.5 Å². The fourth-order valence-electron chi connectivity index (χ4n) is 2.54. The van der Waals surface area contributed by atoms with Crippen LogP contribution < -0.4 is 4.90 Å². The number of carbonyl (C=O) groups is 2. The second kappa shape index (κ2) is 9.12. The van der Waals surface area contributed by atoms with Crippen molar-refractivity contribution in [2.24, 2.45) is 0 Å². The second-order valence-corrected chi connectivity index (χ2v) is 7.78. The number of nitrogens with zero attached hydrogens (tertiary/aromatic N) is 1. The van der Waals surface area contributed by atoms with Crippen molar-refractivity contribution in [3.05, 3.63) is 70.4 Å². The number of unbranched alkanes of at least 4 members (excludes halogenated alkanes) is 1. The van der Waals surface area contributed by atoms with E-state index in [9.17, 15) is 14.0 Å². The van der Waals surface area contributed by atoms with E-state index in [0.29, 0.717) is 32.6 Å². The maximum Gasteiger partial charge on any atom is 0.338 e. The summed E-state index contributed by atoms with van der Waals surface area (Å²) in [4.78, 5) is 26.6. The van der Waals surface area contributed by atoms with Crippen molar-refractivity contribution in [2.45, 2.75) is 19.8 Å². The van der Waals surface area contributed by atoms with E-state index in [1.807, 2.05) is 6.92 Å². The highest BCUT2D eigenvalue weighted by molar-refractivity contribution is 8.27. The van der Waals surface area contributed by atoms with Gasteiger partial charge < -0.3 is 4.74 Å². The average molecular weight is 416 g/mol. The summed E-state index contributed by atoms with van der Waals surface area (Å²) in [6, 6.07) is 12.4. The van der Waals surface area contributed by atoms with Gasteiger partial charge in [0.2, 0.25) is 0 Å². The van der Waals surface area contributed by atoms with Crippen LogP contribution in [0.4, 0.5) is 10.1 Å². The monoisotopic (exact) mass is 415 g/mol. The van der Waals surface area contributed by atoms with Gasteiger partial charge >= 0.3 is 5.97 Å². The Labute approximate surface area is 172 Å². The lowest BCUT2D eigenvalue weighted by atomic mass is 10.2. The maximum absolute atomic E-state index is 13.0. The lowest BCUT2D eigenvalue weighted by molar-refractivity contribution is -0.113. The van der Waals surface area contributed by atoms with Crippen LogP contribution >= 0.6 is 24.0 Å². The highest BCUT2D eigenvalue weighted by atomic mass is 32.2. The molecule has 4 nitrogen and oxygen atoms in total. The lowest BCUT2D eigenvalue weighted by Crippen LogP contribution is -2.27. The van der Waals surface area contributed by atoms with Crippen molar-refractivity contribution in [1.82, 2.24) is 0 Å². The van der Waals surface area contributed by atoms with Gasteiger partial charge in [-0.25, -0.2) is 9.18 Å². The topological polar surface area (TPSA) is 46.6 Å². The molecule has 0 radical (unpaired) electrons. The Bertz CT molecular complexity index is 924. The molecule has 0 bridgehead atoms. The van der Waals surface area contributed by atoms with Gasteiger partial charge in [0, 0.05) is 0 Å². The molecule has 2 aromatic carbocycles. The molecule has 0 aliphatic carbocycles. The van der Waals surface area contributed by atoms with E-state index in [-0.39, 0.29) is 17.7 Å². The molecule has 0 aromatic heterocycles. The van der Waals surface area contributed by atoms with Gasteiger partial charge in [-0.05, 0) is 54.5 Å². The number of amides is 1. The summed E-state index contributed by atoms with van der Waals surface area (Å²) in [6.07, 6.45) is 3.45. The second-order valence-electron chi connectivity index (χ2n) is 6.11. The third-order valence-electron chi connectivity index (χ3n) is 4.05. The normalized spacial score (nSPS) is 15.4. The third kappa shape index (κ3) is 4.66. The molecule has 0 unspecified atom stereocenters. The number of thiocarbonyl (C=S) groups is 1. The summed E-state index contributed by atoms with van der Waals surface area (Å²) in [7, 11) is 0. The van der Waals surface area contributed by atoms with E-state index >= 15 is 0 Å². The van der Waals surface area contributed by atoms with Crippen molar-refractivity contribution >= 4 is 51.9 Å². The summed E-state index contributed by atoms with van der Waals surface area (Å²) >= 11 is 6.53. The predicted octanol–water partition coefficient (Wildman–Crippen LogP) is 5.19. The molecule has 2 aromatic rings. The smallest absolute Gasteiger partial charge is 0.338 e. The molecule has 1 aliphatic rings. The van der Waals surface area contributed by atoms with Crippen LogP contribution in [0, 0.1) is 5.82 Å². The fraction of sp³-hybridized carbons (Fsp3) is 0.190. The van der Waals surface area contributed by atoms with Gasteiger partial charge in [0.25, 0.3) is 5.91 Å². The third-order valence-corrected chi connectivity index (χ3v) is 5.36. The number of thioether (sulfide) groups is 1. The van der Waals surface area contributed by atoms with E-state index in [1.54, 1.807) is 42.5 Å². The largest absolute Gasteiger partial charge is 0.462 e. The lowest BCUT2D eigenvalue weighted by Gasteiger charge is -2.14. The van der Waals surface area contributed by atoms with Crippen LogP contribution in [0.5, 0.6) is 0 Å². The minimum absolute atomic E-state index is 0.252. The van der Waals surface area contributed by atoms with E-state index < -0.39 is 0 Å². The number of ether oxygens (including phenoxy) is 1. The minimum atomic E-state index is -0.387. The molecule has 28 heavy (non-hydrogen) atoms. The zero-order valence-electron chi connectivity index (χ0n) is 15.2. The zero-order valence-corrected chi connectivity index (χ0v) is 16.8. The quantitative estimate of drug-likeness (QED) is 0.281. The molecule has 1 saturated heterocycles. The first-order valence-electron chi connectivity index (χ1n) is 8.80. The van der Waals surface area contributed by atoms with Crippen LogP contribution in [0.25, 0.3) is 6.08 Å². The Morgan fingerprint density at radius 2 is 1.86 bits per heavy atom. The molecule has 0 saturated carbocycles. The molecule has 1 aliphatic heterocycles. The zero-order chi connectivity index (χ0) is 20.1.